The van der Waals surface area contributed by atoms with Gasteiger partial charge in [0.05, 0.1) is 29.2 Å². The number of nitro benzene ring substituents is 1. The molecule has 1 aromatic rings. The summed E-state index contributed by atoms with van der Waals surface area (Å²) in [5.74, 6) is -1.60. The Morgan fingerprint density at radius 3 is 2.79 bits per heavy atom. The van der Waals surface area contributed by atoms with Gasteiger partial charge in [-0.2, -0.15) is 0 Å². The third kappa shape index (κ3) is 3.61. The Morgan fingerprint density at radius 1 is 1.68 bits per heavy atom. The zero-order valence-electron chi connectivity index (χ0n) is 9.72. The maximum absolute atomic E-state index is 13.2. The first-order valence-electron chi connectivity index (χ1n) is 4.99. The van der Waals surface area contributed by atoms with E-state index in [9.17, 15) is 19.3 Å². The topological polar surface area (TPSA) is 102 Å². The van der Waals surface area contributed by atoms with Crippen LogP contribution in [0.5, 0.6) is 0 Å². The van der Waals surface area contributed by atoms with Gasteiger partial charge in [-0.1, -0.05) is 0 Å². The Morgan fingerprint density at radius 2 is 2.32 bits per heavy atom. The van der Waals surface area contributed by atoms with E-state index >= 15 is 0 Å². The number of hydrogen-bond donors (Lipinski definition) is 2. The first-order valence-corrected chi connectivity index (χ1v) is 5.78. The molecule has 0 saturated carbocycles. The van der Waals surface area contributed by atoms with E-state index in [2.05, 4.69) is 26.0 Å². The number of esters is 1. The van der Waals surface area contributed by atoms with Crippen molar-refractivity contribution in [3.63, 3.8) is 0 Å². The van der Waals surface area contributed by atoms with E-state index in [0.29, 0.717) is 6.07 Å². The van der Waals surface area contributed by atoms with Gasteiger partial charge >= 0.3 is 5.97 Å². The van der Waals surface area contributed by atoms with Gasteiger partial charge < -0.3 is 15.2 Å². The van der Waals surface area contributed by atoms with Crippen LogP contribution in [0, 0.1) is 15.9 Å². The maximum Gasteiger partial charge on any atom is 0.330 e. The summed E-state index contributed by atoms with van der Waals surface area (Å²) >= 11 is 2.88. The molecule has 19 heavy (non-hydrogen) atoms. The molecular formula is C10H10BrFN2O5. The van der Waals surface area contributed by atoms with Gasteiger partial charge in [0.15, 0.2) is 0 Å². The highest BCUT2D eigenvalue weighted by molar-refractivity contribution is 9.10. The molecule has 0 saturated heterocycles. The van der Waals surface area contributed by atoms with Gasteiger partial charge in [0.2, 0.25) is 0 Å². The molecule has 1 rings (SSSR count). The second kappa shape index (κ2) is 6.43. The van der Waals surface area contributed by atoms with Crippen molar-refractivity contribution in [2.24, 2.45) is 0 Å². The molecular weight excluding hydrogens is 327 g/mol. The lowest BCUT2D eigenvalue weighted by atomic mass is 10.2. The Kier molecular flexibility index (Phi) is 5.19. The van der Waals surface area contributed by atoms with E-state index in [-0.39, 0.29) is 10.2 Å². The van der Waals surface area contributed by atoms with Gasteiger partial charge in [0, 0.05) is 0 Å². The number of hydrogen-bond acceptors (Lipinski definition) is 6. The predicted molar refractivity (Wildman–Crippen MR) is 67.3 cm³/mol. The maximum atomic E-state index is 13.2. The largest absolute Gasteiger partial charge is 0.467 e. The van der Waals surface area contributed by atoms with Crippen molar-refractivity contribution in [3.05, 3.63) is 32.5 Å². The molecule has 0 bridgehead atoms. The monoisotopic (exact) mass is 336 g/mol. The van der Waals surface area contributed by atoms with Crippen molar-refractivity contribution < 1.29 is 24.0 Å². The van der Waals surface area contributed by atoms with Crippen LogP contribution in [0.15, 0.2) is 16.6 Å². The van der Waals surface area contributed by atoms with Crippen LogP contribution < -0.4 is 5.32 Å². The molecule has 0 radical (unpaired) electrons. The number of nitrogens with one attached hydrogen (secondary N) is 1. The lowest BCUT2D eigenvalue weighted by Gasteiger charge is -2.15. The fourth-order valence-corrected chi connectivity index (χ4v) is 1.66. The van der Waals surface area contributed by atoms with Crippen LogP contribution in [-0.2, 0) is 9.53 Å². The van der Waals surface area contributed by atoms with Crippen LogP contribution >= 0.6 is 15.9 Å². The minimum atomic E-state index is -1.18. The van der Waals surface area contributed by atoms with E-state index in [1.165, 1.54) is 0 Å². The van der Waals surface area contributed by atoms with Crippen molar-refractivity contribution in [1.29, 1.82) is 0 Å². The molecule has 7 nitrogen and oxygen atoms in total. The number of anilines is 1. The number of nitrogens with zero attached hydrogens (tertiary/aromatic N) is 1. The molecule has 0 fully saturated rings. The number of aliphatic hydroxyl groups excluding tert-OH is 1. The van der Waals surface area contributed by atoms with Crippen LogP contribution in [0.2, 0.25) is 0 Å². The van der Waals surface area contributed by atoms with E-state index in [4.69, 9.17) is 5.11 Å². The molecule has 9 heteroatoms. The Bertz CT molecular complexity index is 511. The molecule has 0 heterocycles. The second-order valence-corrected chi connectivity index (χ2v) is 4.30. The van der Waals surface area contributed by atoms with Crippen molar-refractivity contribution in [3.8, 4) is 0 Å². The molecule has 2 N–H and O–H groups in total. The molecule has 1 aromatic carbocycles. The molecule has 0 aliphatic heterocycles. The standard InChI is InChI=1S/C10H10BrFN2O5/c1-19-10(16)8(4-15)13-7-2-5(11)6(12)3-9(7)14(17)18/h2-3,8,13,15H,4H2,1H3. The van der Waals surface area contributed by atoms with E-state index in [1.54, 1.807) is 0 Å². The summed E-state index contributed by atoms with van der Waals surface area (Å²) in [6.45, 7) is -0.626. The van der Waals surface area contributed by atoms with E-state index in [1.807, 2.05) is 0 Å². The van der Waals surface area contributed by atoms with Gasteiger partial charge in [-0.15, -0.1) is 0 Å². The fourth-order valence-electron chi connectivity index (χ4n) is 1.31. The number of rotatable bonds is 5. The molecule has 0 aliphatic carbocycles. The third-order valence-corrected chi connectivity index (χ3v) is 2.84. The van der Waals surface area contributed by atoms with Gasteiger partial charge in [0.25, 0.3) is 5.69 Å². The first-order chi connectivity index (χ1) is 8.90. The molecule has 0 amide bonds. The van der Waals surface area contributed by atoms with Crippen LogP contribution in [-0.4, -0.2) is 35.8 Å². The van der Waals surface area contributed by atoms with E-state index < -0.39 is 35.0 Å². The number of halogens is 2. The minimum absolute atomic E-state index is 0.0119. The predicted octanol–water partition coefficient (Wildman–Crippen LogP) is 1.44. The zero-order valence-corrected chi connectivity index (χ0v) is 11.3. The van der Waals surface area contributed by atoms with E-state index in [0.717, 1.165) is 13.2 Å². The fraction of sp³-hybridized carbons (Fsp3) is 0.300. The lowest BCUT2D eigenvalue weighted by molar-refractivity contribution is -0.384. The number of benzene rings is 1. The second-order valence-electron chi connectivity index (χ2n) is 3.44. The molecule has 104 valence electrons. The summed E-state index contributed by atoms with van der Waals surface area (Å²) in [6.07, 6.45) is 0. The van der Waals surface area contributed by atoms with Crippen LogP contribution in [0.4, 0.5) is 15.8 Å². The Labute approximate surface area is 115 Å². The normalized spacial score (nSPS) is 11.8. The number of carbonyl (C=O) groups excluding carboxylic acids is 1. The smallest absolute Gasteiger partial charge is 0.330 e. The summed E-state index contributed by atoms with van der Waals surface area (Å²) in [7, 11) is 1.11. The molecule has 0 aliphatic rings. The average molecular weight is 337 g/mol. The lowest BCUT2D eigenvalue weighted by Crippen LogP contribution is -2.34. The summed E-state index contributed by atoms with van der Waals surface area (Å²) in [5.41, 5.74) is -0.661. The summed E-state index contributed by atoms with van der Waals surface area (Å²) < 4.78 is 17.6. The van der Waals surface area contributed by atoms with Crippen LogP contribution in [0.25, 0.3) is 0 Å². The molecule has 1 atom stereocenters. The van der Waals surface area contributed by atoms with Crippen molar-refractivity contribution in [1.82, 2.24) is 0 Å². The van der Waals surface area contributed by atoms with Crippen LogP contribution in [0.3, 0.4) is 0 Å². The summed E-state index contributed by atoms with van der Waals surface area (Å²) in [6, 6.07) is 0.637. The Balaban J connectivity index is 3.15. The summed E-state index contributed by atoms with van der Waals surface area (Å²) in [4.78, 5) is 21.3. The molecule has 1 unspecified atom stereocenters. The summed E-state index contributed by atoms with van der Waals surface area (Å²) in [5, 5.41) is 22.3. The SMILES string of the molecule is COC(=O)C(CO)Nc1cc(Br)c(F)cc1[N+](=O)[O-]. The first kappa shape index (κ1) is 15.3. The van der Waals surface area contributed by atoms with Gasteiger partial charge in [-0.3, -0.25) is 10.1 Å². The molecule has 0 aromatic heterocycles. The Hall–Kier alpha value is -1.74. The number of methoxy groups -OCH3 is 1. The van der Waals surface area contributed by atoms with Crippen molar-refractivity contribution in [2.75, 3.05) is 19.0 Å². The van der Waals surface area contributed by atoms with Gasteiger partial charge in [0.1, 0.15) is 17.5 Å². The number of nitro groups is 1. The number of carbonyl (C=O) groups is 1. The van der Waals surface area contributed by atoms with Gasteiger partial charge in [-0.05, 0) is 22.0 Å². The van der Waals surface area contributed by atoms with Crippen molar-refractivity contribution >= 4 is 33.3 Å². The third-order valence-electron chi connectivity index (χ3n) is 2.23. The highest BCUT2D eigenvalue weighted by atomic mass is 79.9. The van der Waals surface area contributed by atoms with Gasteiger partial charge in [-0.25, -0.2) is 9.18 Å². The average Bonchev–Trinajstić information content (AvgIpc) is 2.38. The van der Waals surface area contributed by atoms with Crippen LogP contribution in [0.1, 0.15) is 0 Å². The quantitative estimate of drug-likeness (QED) is 0.479. The number of ether oxygens (including phenoxy) is 1. The zero-order chi connectivity index (χ0) is 14.6. The minimum Gasteiger partial charge on any atom is -0.467 e. The van der Waals surface area contributed by atoms with Crippen molar-refractivity contribution in [2.45, 2.75) is 6.04 Å². The molecule has 0 spiro atoms. The highest BCUT2D eigenvalue weighted by Gasteiger charge is 2.24. The number of aliphatic hydroxyl groups is 1. The highest BCUT2D eigenvalue weighted by Crippen LogP contribution is 2.31.